The van der Waals surface area contributed by atoms with Gasteiger partial charge in [0.2, 0.25) is 0 Å². The Bertz CT molecular complexity index is 574. The Morgan fingerprint density at radius 3 is 2.62 bits per heavy atom. The number of halogens is 1. The maximum absolute atomic E-state index is 8.73. The number of aryl methyl sites for hydroxylation is 1. The van der Waals surface area contributed by atoms with Crippen LogP contribution < -0.4 is 0 Å². The summed E-state index contributed by atoms with van der Waals surface area (Å²) < 4.78 is 0. The summed E-state index contributed by atoms with van der Waals surface area (Å²) in [6, 6.07) is 5.29. The fourth-order valence-electron chi connectivity index (χ4n) is 1.31. The molecule has 0 spiro atoms. The quantitative estimate of drug-likeness (QED) is 0.706. The number of hydrogen-bond acceptors (Lipinski definition) is 4. The zero-order chi connectivity index (χ0) is 11.5. The maximum Gasteiger partial charge on any atom is 0.147 e. The summed E-state index contributed by atoms with van der Waals surface area (Å²) in [6.07, 6.45) is 3.21. The first-order valence-electron chi connectivity index (χ1n) is 4.57. The van der Waals surface area contributed by atoms with Gasteiger partial charge in [0.15, 0.2) is 0 Å². The van der Waals surface area contributed by atoms with Crippen molar-refractivity contribution in [3.05, 3.63) is 40.9 Å². The largest absolute Gasteiger partial charge is 0.258 e. The predicted molar refractivity (Wildman–Crippen MR) is 59.7 cm³/mol. The lowest BCUT2D eigenvalue weighted by atomic mass is 10.2. The van der Waals surface area contributed by atoms with E-state index in [1.54, 1.807) is 24.5 Å². The molecule has 0 unspecified atom stereocenters. The third-order valence-electron chi connectivity index (χ3n) is 2.09. The number of hydrogen-bond donors (Lipinski definition) is 0. The highest BCUT2D eigenvalue weighted by atomic mass is 35.5. The maximum atomic E-state index is 8.73. The van der Waals surface area contributed by atoms with Gasteiger partial charge in [-0.25, -0.2) is 4.98 Å². The Balaban J connectivity index is 2.55. The topological polar surface area (TPSA) is 62.5 Å². The molecule has 0 radical (unpaired) electrons. The van der Waals surface area contributed by atoms with Gasteiger partial charge < -0.3 is 0 Å². The van der Waals surface area contributed by atoms with Gasteiger partial charge in [-0.3, -0.25) is 9.97 Å². The number of nitrogens with zero attached hydrogens (tertiary/aromatic N) is 4. The van der Waals surface area contributed by atoms with E-state index in [1.807, 2.05) is 13.0 Å². The van der Waals surface area contributed by atoms with Crippen LogP contribution in [0.2, 0.25) is 5.15 Å². The van der Waals surface area contributed by atoms with E-state index in [0.717, 1.165) is 5.69 Å². The zero-order valence-corrected chi connectivity index (χ0v) is 9.23. The van der Waals surface area contributed by atoms with Crippen molar-refractivity contribution < 1.29 is 0 Å². The summed E-state index contributed by atoms with van der Waals surface area (Å²) >= 11 is 5.85. The summed E-state index contributed by atoms with van der Waals surface area (Å²) in [5, 5.41) is 8.92. The second-order valence-corrected chi connectivity index (χ2v) is 3.50. The fourth-order valence-corrected chi connectivity index (χ4v) is 1.50. The lowest BCUT2D eigenvalue weighted by Gasteiger charge is -2.03. The molecule has 0 amide bonds. The van der Waals surface area contributed by atoms with Gasteiger partial charge in [-0.1, -0.05) is 11.6 Å². The normalized spacial score (nSPS) is 9.81. The van der Waals surface area contributed by atoms with Crippen molar-refractivity contribution in [2.24, 2.45) is 0 Å². The number of nitriles is 1. The standard InChI is InChI=1S/C11H7ClN4/c1-7-10(15-5-4-14-7)9-3-2-8(6-13)11(12)16-9/h2-5H,1H3. The van der Waals surface area contributed by atoms with Crippen LogP contribution >= 0.6 is 11.6 Å². The van der Waals surface area contributed by atoms with E-state index in [2.05, 4.69) is 15.0 Å². The highest BCUT2D eigenvalue weighted by molar-refractivity contribution is 6.30. The number of rotatable bonds is 1. The van der Waals surface area contributed by atoms with E-state index in [1.165, 1.54) is 0 Å². The van der Waals surface area contributed by atoms with Gasteiger partial charge >= 0.3 is 0 Å². The van der Waals surface area contributed by atoms with Gasteiger partial charge in [0, 0.05) is 12.4 Å². The molecule has 0 bridgehead atoms. The smallest absolute Gasteiger partial charge is 0.147 e. The van der Waals surface area contributed by atoms with Crippen LogP contribution in [0.3, 0.4) is 0 Å². The third kappa shape index (κ3) is 1.86. The molecule has 0 aliphatic heterocycles. The van der Waals surface area contributed by atoms with E-state index < -0.39 is 0 Å². The van der Waals surface area contributed by atoms with Crippen LogP contribution in [0.5, 0.6) is 0 Å². The van der Waals surface area contributed by atoms with E-state index in [-0.39, 0.29) is 5.15 Å². The second-order valence-electron chi connectivity index (χ2n) is 3.14. The van der Waals surface area contributed by atoms with Gasteiger partial charge in [0.05, 0.1) is 17.0 Å². The molecule has 78 valence electrons. The Hall–Kier alpha value is -1.99. The molecule has 4 nitrogen and oxygen atoms in total. The predicted octanol–water partition coefficient (Wildman–Crippen LogP) is 2.37. The van der Waals surface area contributed by atoms with Crippen molar-refractivity contribution >= 4 is 11.6 Å². The zero-order valence-electron chi connectivity index (χ0n) is 8.48. The molecule has 16 heavy (non-hydrogen) atoms. The Morgan fingerprint density at radius 1 is 1.25 bits per heavy atom. The molecule has 2 heterocycles. The first-order valence-corrected chi connectivity index (χ1v) is 4.95. The Labute approximate surface area is 97.6 Å². The van der Waals surface area contributed by atoms with Gasteiger partial charge in [0.1, 0.15) is 16.9 Å². The molecule has 5 heteroatoms. The molecule has 0 saturated carbocycles. The van der Waals surface area contributed by atoms with Crippen LogP contribution in [0.1, 0.15) is 11.3 Å². The van der Waals surface area contributed by atoms with Crippen LogP contribution in [0.15, 0.2) is 24.5 Å². The summed E-state index contributed by atoms with van der Waals surface area (Å²) in [7, 11) is 0. The van der Waals surface area contributed by atoms with Crippen LogP contribution in [0.25, 0.3) is 11.4 Å². The monoisotopic (exact) mass is 230 g/mol. The minimum Gasteiger partial charge on any atom is -0.258 e. The van der Waals surface area contributed by atoms with Gasteiger partial charge in [-0.2, -0.15) is 5.26 Å². The number of aromatic nitrogens is 3. The van der Waals surface area contributed by atoms with Gasteiger partial charge in [0.25, 0.3) is 0 Å². The first-order chi connectivity index (χ1) is 7.72. The van der Waals surface area contributed by atoms with Crippen LogP contribution in [-0.2, 0) is 0 Å². The molecule has 0 aromatic carbocycles. The van der Waals surface area contributed by atoms with Crippen molar-refractivity contribution in [1.82, 2.24) is 15.0 Å². The van der Waals surface area contributed by atoms with Crippen molar-refractivity contribution in [3.8, 4) is 17.5 Å². The average molecular weight is 231 g/mol. The van der Waals surface area contributed by atoms with E-state index in [9.17, 15) is 0 Å². The molecule has 2 aromatic heterocycles. The van der Waals surface area contributed by atoms with Gasteiger partial charge in [-0.15, -0.1) is 0 Å². The lowest BCUT2D eigenvalue weighted by molar-refractivity contribution is 1.10. The molecular formula is C11H7ClN4. The van der Waals surface area contributed by atoms with Crippen molar-refractivity contribution in [2.75, 3.05) is 0 Å². The second kappa shape index (κ2) is 4.25. The van der Waals surface area contributed by atoms with Crippen molar-refractivity contribution in [1.29, 1.82) is 5.26 Å². The molecule has 0 saturated heterocycles. The minimum absolute atomic E-state index is 0.185. The Morgan fingerprint density at radius 2 is 2.00 bits per heavy atom. The number of pyridine rings is 1. The van der Waals surface area contributed by atoms with E-state index >= 15 is 0 Å². The molecule has 0 aliphatic rings. The summed E-state index contributed by atoms with van der Waals surface area (Å²) in [5.41, 5.74) is 2.42. The third-order valence-corrected chi connectivity index (χ3v) is 2.38. The molecule has 2 aromatic rings. The molecule has 0 fully saturated rings. The lowest BCUT2D eigenvalue weighted by Crippen LogP contribution is -1.94. The van der Waals surface area contributed by atoms with Crippen molar-refractivity contribution in [2.45, 2.75) is 6.92 Å². The SMILES string of the molecule is Cc1nccnc1-c1ccc(C#N)c(Cl)n1. The van der Waals surface area contributed by atoms with Crippen LogP contribution in [0, 0.1) is 18.3 Å². The summed E-state index contributed by atoms with van der Waals surface area (Å²) in [6.45, 7) is 1.84. The molecule has 2 rings (SSSR count). The van der Waals surface area contributed by atoms with Crippen molar-refractivity contribution in [3.63, 3.8) is 0 Å². The fraction of sp³-hybridized carbons (Fsp3) is 0.0909. The van der Waals surface area contributed by atoms with E-state index in [0.29, 0.717) is 17.0 Å². The van der Waals surface area contributed by atoms with Crippen LogP contribution in [-0.4, -0.2) is 15.0 Å². The molecule has 0 N–H and O–H groups in total. The highest BCUT2D eigenvalue weighted by Gasteiger charge is 2.08. The Kier molecular flexibility index (Phi) is 2.80. The molecule has 0 aliphatic carbocycles. The summed E-state index contributed by atoms with van der Waals surface area (Å²) in [4.78, 5) is 12.4. The van der Waals surface area contributed by atoms with Crippen LogP contribution in [0.4, 0.5) is 0 Å². The molecule has 0 atom stereocenters. The van der Waals surface area contributed by atoms with Gasteiger partial charge in [-0.05, 0) is 19.1 Å². The first kappa shape index (κ1) is 10.5. The highest BCUT2D eigenvalue weighted by Crippen LogP contribution is 2.21. The van der Waals surface area contributed by atoms with E-state index in [4.69, 9.17) is 16.9 Å². The summed E-state index contributed by atoms with van der Waals surface area (Å²) in [5.74, 6) is 0. The average Bonchev–Trinajstić information content (AvgIpc) is 2.29. The molecular weight excluding hydrogens is 224 g/mol. The minimum atomic E-state index is 0.185.